The second kappa shape index (κ2) is 16.5. The molecule has 2 N–H and O–H groups in total. The molecular formula is C27H54N2O2. The van der Waals surface area contributed by atoms with Gasteiger partial charge < -0.3 is 20.1 Å². The van der Waals surface area contributed by atoms with E-state index in [9.17, 15) is 0 Å². The lowest BCUT2D eigenvalue weighted by molar-refractivity contribution is 0.0603. The molecule has 0 spiro atoms. The van der Waals surface area contributed by atoms with Gasteiger partial charge in [-0.25, -0.2) is 0 Å². The van der Waals surface area contributed by atoms with Crippen LogP contribution in [0.2, 0.25) is 0 Å². The van der Waals surface area contributed by atoms with Crippen molar-refractivity contribution in [3.8, 4) is 0 Å². The van der Waals surface area contributed by atoms with Gasteiger partial charge in [0.2, 0.25) is 0 Å². The minimum Gasteiger partial charge on any atom is -0.375 e. The van der Waals surface area contributed by atoms with Gasteiger partial charge in [-0.15, -0.1) is 0 Å². The molecule has 0 aliphatic carbocycles. The largest absolute Gasteiger partial charge is 0.375 e. The van der Waals surface area contributed by atoms with Crippen LogP contribution in [0.5, 0.6) is 0 Å². The number of fused-ring (bicyclic) bond motifs is 1. The number of ether oxygens (including phenoxy) is 2. The Bertz CT molecular complexity index is 433. The number of nitrogens with one attached hydrogen (secondary N) is 2. The number of hydrogen-bond acceptors (Lipinski definition) is 4. The van der Waals surface area contributed by atoms with Crippen LogP contribution in [0.4, 0.5) is 0 Å². The van der Waals surface area contributed by atoms with Crippen molar-refractivity contribution in [3.05, 3.63) is 0 Å². The van der Waals surface area contributed by atoms with Crippen molar-refractivity contribution in [1.82, 2.24) is 10.6 Å². The van der Waals surface area contributed by atoms with Gasteiger partial charge in [0.05, 0.1) is 25.4 Å². The van der Waals surface area contributed by atoms with Gasteiger partial charge in [-0.3, -0.25) is 0 Å². The lowest BCUT2D eigenvalue weighted by Crippen LogP contribution is -2.36. The summed E-state index contributed by atoms with van der Waals surface area (Å²) in [6, 6.07) is 0. The molecule has 2 rings (SSSR count). The Hall–Kier alpha value is -0.160. The summed E-state index contributed by atoms with van der Waals surface area (Å²) in [5.41, 5.74) is 0. The fourth-order valence-corrected chi connectivity index (χ4v) is 5.53. The first-order chi connectivity index (χ1) is 15.2. The van der Waals surface area contributed by atoms with E-state index in [1.165, 1.54) is 70.6 Å². The van der Waals surface area contributed by atoms with Crippen LogP contribution in [-0.2, 0) is 9.47 Å². The van der Waals surface area contributed by atoms with Crippen molar-refractivity contribution < 1.29 is 9.47 Å². The lowest BCUT2D eigenvalue weighted by atomic mass is 9.91. The Morgan fingerprint density at radius 3 is 1.97 bits per heavy atom. The van der Waals surface area contributed by atoms with E-state index < -0.39 is 0 Å². The van der Waals surface area contributed by atoms with Gasteiger partial charge in [-0.05, 0) is 44.2 Å². The minimum absolute atomic E-state index is 0.303. The van der Waals surface area contributed by atoms with Crippen LogP contribution in [0.25, 0.3) is 0 Å². The summed E-state index contributed by atoms with van der Waals surface area (Å²) in [4.78, 5) is 0. The maximum absolute atomic E-state index is 6.20. The second-order valence-electron chi connectivity index (χ2n) is 10.5. The summed E-state index contributed by atoms with van der Waals surface area (Å²) < 4.78 is 12.4. The highest BCUT2D eigenvalue weighted by molar-refractivity contribution is 4.95. The summed E-state index contributed by atoms with van der Waals surface area (Å²) in [5.74, 6) is 2.75. The van der Waals surface area contributed by atoms with Crippen LogP contribution in [0.3, 0.4) is 0 Å². The standard InChI is InChI=1S/C27H54N2O2/c1-5-8-10-14-23(13-9-6-2)15-11-16-28-18-24-20-30-27-25(21-31-26(24)27)19-29-17-22(4)12-7-3/h22-29H,5-21H2,1-4H3. The SMILES string of the molecule is CCCCCC(CCCC)CCCNCC1COC2C(CNCC(C)CCC)COC12. The van der Waals surface area contributed by atoms with Crippen molar-refractivity contribution in [2.24, 2.45) is 23.7 Å². The predicted molar refractivity (Wildman–Crippen MR) is 133 cm³/mol. The molecule has 0 aromatic heterocycles. The molecule has 2 heterocycles. The zero-order valence-corrected chi connectivity index (χ0v) is 21.3. The van der Waals surface area contributed by atoms with E-state index in [1.54, 1.807) is 0 Å². The average molecular weight is 439 g/mol. The lowest BCUT2D eigenvalue weighted by Gasteiger charge is -2.19. The molecule has 2 saturated heterocycles. The van der Waals surface area contributed by atoms with Crippen LogP contribution in [0.1, 0.15) is 98.3 Å². The fourth-order valence-electron chi connectivity index (χ4n) is 5.53. The summed E-state index contributed by atoms with van der Waals surface area (Å²) in [6.07, 6.45) is 15.7. The van der Waals surface area contributed by atoms with Gasteiger partial charge in [0, 0.05) is 24.9 Å². The van der Waals surface area contributed by atoms with E-state index in [0.29, 0.717) is 24.0 Å². The maximum Gasteiger partial charge on any atom is 0.0903 e. The van der Waals surface area contributed by atoms with Crippen LogP contribution < -0.4 is 10.6 Å². The normalized spacial score (nSPS) is 27.5. The molecule has 4 heteroatoms. The van der Waals surface area contributed by atoms with Crippen molar-refractivity contribution in [1.29, 1.82) is 0 Å². The van der Waals surface area contributed by atoms with Gasteiger partial charge in [-0.2, -0.15) is 0 Å². The Morgan fingerprint density at radius 2 is 1.32 bits per heavy atom. The number of unbranched alkanes of at least 4 members (excludes halogenated alkanes) is 3. The van der Waals surface area contributed by atoms with E-state index in [4.69, 9.17) is 9.47 Å². The van der Waals surface area contributed by atoms with E-state index in [-0.39, 0.29) is 0 Å². The first-order valence-electron chi connectivity index (χ1n) is 13.8. The highest BCUT2D eigenvalue weighted by Gasteiger charge is 2.46. The highest BCUT2D eigenvalue weighted by atomic mass is 16.6. The molecule has 6 unspecified atom stereocenters. The molecule has 2 aliphatic rings. The third-order valence-corrected chi connectivity index (χ3v) is 7.49. The number of rotatable bonds is 19. The molecule has 31 heavy (non-hydrogen) atoms. The molecule has 2 aliphatic heterocycles. The van der Waals surface area contributed by atoms with Crippen LogP contribution >= 0.6 is 0 Å². The van der Waals surface area contributed by atoms with Crippen LogP contribution in [0, 0.1) is 23.7 Å². The molecule has 0 bridgehead atoms. The molecule has 6 atom stereocenters. The van der Waals surface area contributed by atoms with Crippen molar-refractivity contribution in [2.45, 2.75) is 111 Å². The molecule has 4 nitrogen and oxygen atoms in total. The molecule has 0 saturated carbocycles. The maximum atomic E-state index is 6.20. The monoisotopic (exact) mass is 438 g/mol. The topological polar surface area (TPSA) is 42.5 Å². The summed E-state index contributed by atoms with van der Waals surface area (Å²) in [5, 5.41) is 7.40. The Balaban J connectivity index is 1.58. The van der Waals surface area contributed by atoms with Gasteiger partial charge in [0.1, 0.15) is 0 Å². The molecule has 0 radical (unpaired) electrons. The minimum atomic E-state index is 0.303. The van der Waals surface area contributed by atoms with Gasteiger partial charge in [0.15, 0.2) is 0 Å². The Morgan fingerprint density at radius 1 is 0.710 bits per heavy atom. The zero-order chi connectivity index (χ0) is 22.3. The smallest absolute Gasteiger partial charge is 0.0903 e. The molecule has 2 fully saturated rings. The third kappa shape index (κ3) is 10.1. The molecule has 0 amide bonds. The van der Waals surface area contributed by atoms with Crippen LogP contribution in [-0.4, -0.2) is 51.6 Å². The van der Waals surface area contributed by atoms with E-state index in [0.717, 1.165) is 51.2 Å². The van der Waals surface area contributed by atoms with Gasteiger partial charge in [-0.1, -0.05) is 79.1 Å². The van der Waals surface area contributed by atoms with E-state index >= 15 is 0 Å². The predicted octanol–water partition coefficient (Wildman–Crippen LogP) is 5.80. The molecular weight excluding hydrogens is 384 g/mol. The molecule has 0 aromatic carbocycles. The van der Waals surface area contributed by atoms with Crippen molar-refractivity contribution in [3.63, 3.8) is 0 Å². The summed E-state index contributed by atoms with van der Waals surface area (Å²) in [6.45, 7) is 15.3. The van der Waals surface area contributed by atoms with Gasteiger partial charge >= 0.3 is 0 Å². The summed E-state index contributed by atoms with van der Waals surface area (Å²) in [7, 11) is 0. The van der Waals surface area contributed by atoms with Crippen LogP contribution in [0.15, 0.2) is 0 Å². The first kappa shape index (κ1) is 27.1. The average Bonchev–Trinajstić information content (AvgIpc) is 3.34. The Labute approximate surface area is 194 Å². The fraction of sp³-hybridized carbons (Fsp3) is 1.00. The highest BCUT2D eigenvalue weighted by Crippen LogP contribution is 2.34. The second-order valence-corrected chi connectivity index (χ2v) is 10.5. The van der Waals surface area contributed by atoms with Crippen molar-refractivity contribution in [2.75, 3.05) is 39.4 Å². The van der Waals surface area contributed by atoms with Crippen molar-refractivity contribution >= 4 is 0 Å². The first-order valence-corrected chi connectivity index (χ1v) is 13.8. The molecule has 0 aromatic rings. The third-order valence-electron chi connectivity index (χ3n) is 7.49. The number of hydrogen-bond donors (Lipinski definition) is 2. The molecule has 184 valence electrons. The van der Waals surface area contributed by atoms with E-state index in [1.807, 2.05) is 0 Å². The van der Waals surface area contributed by atoms with Gasteiger partial charge in [0.25, 0.3) is 0 Å². The summed E-state index contributed by atoms with van der Waals surface area (Å²) >= 11 is 0. The Kier molecular flexibility index (Phi) is 14.4. The zero-order valence-electron chi connectivity index (χ0n) is 21.3. The quantitative estimate of drug-likeness (QED) is 0.250. The van der Waals surface area contributed by atoms with E-state index in [2.05, 4.69) is 38.3 Å².